The number of hydrogen-bond acceptors (Lipinski definition) is 5. The summed E-state index contributed by atoms with van der Waals surface area (Å²) in [5.74, 6) is 0.842. The Bertz CT molecular complexity index is 680. The van der Waals surface area contributed by atoms with Crippen LogP contribution in [0.15, 0.2) is 59.8 Å². The minimum atomic E-state index is 0.421. The van der Waals surface area contributed by atoms with Gasteiger partial charge in [0.2, 0.25) is 0 Å². The van der Waals surface area contributed by atoms with Crippen molar-refractivity contribution in [3.8, 4) is 5.75 Å². The van der Waals surface area contributed by atoms with E-state index in [4.69, 9.17) is 14.3 Å². The van der Waals surface area contributed by atoms with Crippen LogP contribution in [-0.2, 0) is 9.57 Å². The molecular formula is C21H26N2O3. The van der Waals surface area contributed by atoms with Crippen LogP contribution in [0.5, 0.6) is 5.75 Å². The summed E-state index contributed by atoms with van der Waals surface area (Å²) >= 11 is 0. The Balaban J connectivity index is 1.50. The highest BCUT2D eigenvalue weighted by Gasteiger charge is 2.11. The molecule has 3 rings (SSSR count). The minimum Gasteiger partial charge on any atom is -0.490 e. The summed E-state index contributed by atoms with van der Waals surface area (Å²) in [6, 6.07) is 18.2. The van der Waals surface area contributed by atoms with E-state index in [0.717, 1.165) is 49.7 Å². The number of morpholine rings is 1. The number of ether oxygens (including phenoxy) is 2. The van der Waals surface area contributed by atoms with Crippen molar-refractivity contribution in [2.24, 2.45) is 5.16 Å². The molecule has 2 aromatic carbocycles. The van der Waals surface area contributed by atoms with E-state index >= 15 is 0 Å². The van der Waals surface area contributed by atoms with Gasteiger partial charge < -0.3 is 19.2 Å². The third-order valence-corrected chi connectivity index (χ3v) is 4.27. The van der Waals surface area contributed by atoms with Gasteiger partial charge in [-0.25, -0.2) is 0 Å². The molecule has 2 aromatic rings. The molecule has 0 N–H and O–H groups in total. The molecule has 1 aliphatic rings. The van der Waals surface area contributed by atoms with Gasteiger partial charge in [0.25, 0.3) is 0 Å². The predicted octanol–water partition coefficient (Wildman–Crippen LogP) is 3.73. The average Bonchev–Trinajstić information content (AvgIpc) is 2.72. The molecule has 1 aliphatic heterocycles. The van der Waals surface area contributed by atoms with E-state index in [1.807, 2.05) is 30.3 Å². The molecule has 0 bridgehead atoms. The first-order chi connectivity index (χ1) is 12.9. The van der Waals surface area contributed by atoms with Crippen molar-refractivity contribution in [1.82, 2.24) is 0 Å². The van der Waals surface area contributed by atoms with Crippen molar-refractivity contribution in [2.45, 2.75) is 13.3 Å². The molecule has 1 heterocycles. The molecule has 1 saturated heterocycles. The van der Waals surface area contributed by atoms with Crippen molar-refractivity contribution in [3.05, 3.63) is 60.2 Å². The van der Waals surface area contributed by atoms with E-state index in [1.165, 1.54) is 5.69 Å². The standard InChI is InChI=1S/C21H26N2O3/c1-2-21(22-26-17-16-25-20-6-4-3-5-7-20)18-8-10-19(11-9-18)23-12-14-24-15-13-23/h3-11H,2,12-17H2,1H3. The van der Waals surface area contributed by atoms with Gasteiger partial charge in [-0.1, -0.05) is 42.4 Å². The highest BCUT2D eigenvalue weighted by atomic mass is 16.6. The molecule has 138 valence electrons. The van der Waals surface area contributed by atoms with Gasteiger partial charge in [-0.2, -0.15) is 0 Å². The van der Waals surface area contributed by atoms with Crippen LogP contribution in [0.3, 0.4) is 0 Å². The summed E-state index contributed by atoms with van der Waals surface area (Å²) in [6.45, 7) is 6.45. The zero-order valence-corrected chi connectivity index (χ0v) is 15.3. The van der Waals surface area contributed by atoms with Crippen molar-refractivity contribution in [2.75, 3.05) is 44.4 Å². The van der Waals surface area contributed by atoms with E-state index in [-0.39, 0.29) is 0 Å². The predicted molar refractivity (Wildman–Crippen MR) is 104 cm³/mol. The maximum atomic E-state index is 5.60. The first-order valence-corrected chi connectivity index (χ1v) is 9.16. The van der Waals surface area contributed by atoms with E-state index in [2.05, 4.69) is 41.2 Å². The summed E-state index contributed by atoms with van der Waals surface area (Å²) in [6.07, 6.45) is 0.816. The number of para-hydroxylation sites is 1. The lowest BCUT2D eigenvalue weighted by atomic mass is 10.1. The normalized spacial score (nSPS) is 15.0. The largest absolute Gasteiger partial charge is 0.490 e. The second-order valence-electron chi connectivity index (χ2n) is 6.03. The maximum Gasteiger partial charge on any atom is 0.151 e. The summed E-state index contributed by atoms with van der Waals surface area (Å²) in [5, 5.41) is 4.29. The minimum absolute atomic E-state index is 0.421. The van der Waals surface area contributed by atoms with E-state index < -0.39 is 0 Å². The van der Waals surface area contributed by atoms with Crippen LogP contribution >= 0.6 is 0 Å². The number of nitrogens with zero attached hydrogens (tertiary/aromatic N) is 2. The molecule has 0 unspecified atom stereocenters. The van der Waals surface area contributed by atoms with Crippen LogP contribution in [0, 0.1) is 0 Å². The molecular weight excluding hydrogens is 328 g/mol. The molecule has 5 heteroatoms. The molecule has 0 atom stereocenters. The van der Waals surface area contributed by atoms with Gasteiger partial charge in [0.05, 0.1) is 18.9 Å². The number of oxime groups is 1. The molecule has 5 nitrogen and oxygen atoms in total. The Morgan fingerprint density at radius 1 is 1.00 bits per heavy atom. The summed E-state index contributed by atoms with van der Waals surface area (Å²) in [4.78, 5) is 7.79. The first-order valence-electron chi connectivity index (χ1n) is 9.16. The monoisotopic (exact) mass is 354 g/mol. The van der Waals surface area contributed by atoms with Crippen LogP contribution in [0.25, 0.3) is 0 Å². The molecule has 0 aromatic heterocycles. The quantitative estimate of drug-likeness (QED) is 0.412. The van der Waals surface area contributed by atoms with Gasteiger partial charge in [0, 0.05) is 18.8 Å². The lowest BCUT2D eigenvalue weighted by Crippen LogP contribution is -2.36. The highest BCUT2D eigenvalue weighted by molar-refractivity contribution is 6.00. The lowest BCUT2D eigenvalue weighted by molar-refractivity contribution is 0.107. The van der Waals surface area contributed by atoms with Crippen LogP contribution in [-0.4, -0.2) is 45.2 Å². The molecule has 0 spiro atoms. The first kappa shape index (κ1) is 18.3. The second kappa shape index (κ2) is 9.82. The fourth-order valence-electron chi connectivity index (χ4n) is 2.84. The van der Waals surface area contributed by atoms with Crippen molar-refractivity contribution in [1.29, 1.82) is 0 Å². The fraction of sp³-hybridized carbons (Fsp3) is 0.381. The Morgan fingerprint density at radius 2 is 1.73 bits per heavy atom. The topological polar surface area (TPSA) is 43.3 Å². The second-order valence-corrected chi connectivity index (χ2v) is 6.03. The van der Waals surface area contributed by atoms with Crippen LogP contribution < -0.4 is 9.64 Å². The summed E-state index contributed by atoms with van der Waals surface area (Å²) in [7, 11) is 0. The average molecular weight is 354 g/mol. The number of rotatable bonds is 8. The zero-order chi connectivity index (χ0) is 18.0. The van der Waals surface area contributed by atoms with Gasteiger partial charge in [0.1, 0.15) is 12.4 Å². The molecule has 26 heavy (non-hydrogen) atoms. The van der Waals surface area contributed by atoms with E-state index in [9.17, 15) is 0 Å². The van der Waals surface area contributed by atoms with Crippen molar-refractivity contribution < 1.29 is 14.3 Å². The smallest absolute Gasteiger partial charge is 0.151 e. The summed E-state index contributed by atoms with van der Waals surface area (Å²) < 4.78 is 11.0. The molecule has 0 saturated carbocycles. The van der Waals surface area contributed by atoms with Gasteiger partial charge in [-0.3, -0.25) is 0 Å². The Morgan fingerprint density at radius 3 is 2.42 bits per heavy atom. The Labute approximate surface area is 155 Å². The maximum absolute atomic E-state index is 5.60. The Kier molecular flexibility index (Phi) is 6.90. The van der Waals surface area contributed by atoms with Crippen molar-refractivity contribution in [3.63, 3.8) is 0 Å². The highest BCUT2D eigenvalue weighted by Crippen LogP contribution is 2.18. The molecule has 1 fully saturated rings. The molecule has 0 aliphatic carbocycles. The van der Waals surface area contributed by atoms with Crippen LogP contribution in [0.4, 0.5) is 5.69 Å². The van der Waals surface area contributed by atoms with Gasteiger partial charge >= 0.3 is 0 Å². The lowest BCUT2D eigenvalue weighted by Gasteiger charge is -2.28. The SMILES string of the molecule is CCC(=NOCCOc1ccccc1)c1ccc(N2CCOCC2)cc1. The van der Waals surface area contributed by atoms with Gasteiger partial charge in [-0.15, -0.1) is 0 Å². The van der Waals surface area contributed by atoms with E-state index in [0.29, 0.717) is 13.2 Å². The van der Waals surface area contributed by atoms with Crippen LogP contribution in [0.1, 0.15) is 18.9 Å². The zero-order valence-electron chi connectivity index (χ0n) is 15.3. The Hall–Kier alpha value is -2.53. The summed E-state index contributed by atoms with van der Waals surface area (Å²) in [5.41, 5.74) is 3.26. The van der Waals surface area contributed by atoms with Crippen LogP contribution in [0.2, 0.25) is 0 Å². The van der Waals surface area contributed by atoms with Gasteiger partial charge in [0.15, 0.2) is 6.61 Å². The number of benzene rings is 2. The van der Waals surface area contributed by atoms with Gasteiger partial charge in [-0.05, 0) is 36.2 Å². The molecule has 0 amide bonds. The van der Waals surface area contributed by atoms with E-state index in [1.54, 1.807) is 0 Å². The fourth-order valence-corrected chi connectivity index (χ4v) is 2.84. The molecule has 0 radical (unpaired) electrons. The third-order valence-electron chi connectivity index (χ3n) is 4.27. The number of anilines is 1. The third kappa shape index (κ3) is 5.23. The number of hydrogen-bond donors (Lipinski definition) is 0. The van der Waals surface area contributed by atoms with Crippen molar-refractivity contribution >= 4 is 11.4 Å².